The van der Waals surface area contributed by atoms with Gasteiger partial charge in [0.15, 0.2) is 6.10 Å². The lowest BCUT2D eigenvalue weighted by Gasteiger charge is -2.15. The lowest BCUT2D eigenvalue weighted by molar-refractivity contribution is -0.127. The summed E-state index contributed by atoms with van der Waals surface area (Å²) in [5.41, 5.74) is 2.00. The van der Waals surface area contributed by atoms with Gasteiger partial charge in [-0.25, -0.2) is 0 Å². The van der Waals surface area contributed by atoms with Gasteiger partial charge in [0, 0.05) is 24.5 Å². The largest absolute Gasteiger partial charge is 0.489 e. The number of carbonyl (C=O) groups excluding carboxylic acids is 1. The molecule has 2 aromatic carbocycles. The smallest absolute Gasteiger partial charge is 0.261 e. The van der Waals surface area contributed by atoms with Crippen molar-refractivity contribution in [3.05, 3.63) is 90.3 Å². The number of nitrogens with one attached hydrogen (secondary N) is 1. The summed E-state index contributed by atoms with van der Waals surface area (Å²) in [5.74, 6) is 1.29. The van der Waals surface area contributed by atoms with Gasteiger partial charge in [-0.15, -0.1) is 0 Å². The molecule has 0 aliphatic heterocycles. The highest BCUT2D eigenvalue weighted by atomic mass is 16.5. The zero-order valence-electron chi connectivity index (χ0n) is 15.2. The normalized spacial score (nSPS) is 11.4. The molecule has 27 heavy (non-hydrogen) atoms. The third-order valence-electron chi connectivity index (χ3n) is 3.94. The van der Waals surface area contributed by atoms with Crippen LogP contribution in [0.5, 0.6) is 11.5 Å². The summed E-state index contributed by atoms with van der Waals surface area (Å²) in [4.78, 5) is 16.2. The van der Waals surface area contributed by atoms with Gasteiger partial charge in [-0.3, -0.25) is 9.78 Å². The Kier molecular flexibility index (Phi) is 6.41. The molecule has 1 N–H and O–H groups in total. The SMILES string of the molecule is C[C@H](Oc1ccccc1)C(=O)NCc1ccc(OCc2cccnc2)cc1. The van der Waals surface area contributed by atoms with Crippen LogP contribution in [0.3, 0.4) is 0 Å². The molecule has 0 saturated heterocycles. The highest BCUT2D eigenvalue weighted by Gasteiger charge is 2.14. The number of aromatic nitrogens is 1. The van der Waals surface area contributed by atoms with Gasteiger partial charge >= 0.3 is 0 Å². The molecule has 0 bridgehead atoms. The number of amides is 1. The number of nitrogens with zero attached hydrogens (tertiary/aromatic N) is 1. The van der Waals surface area contributed by atoms with E-state index >= 15 is 0 Å². The van der Waals surface area contributed by atoms with E-state index in [0.717, 1.165) is 16.9 Å². The third kappa shape index (κ3) is 5.85. The summed E-state index contributed by atoms with van der Waals surface area (Å²) in [7, 11) is 0. The molecule has 0 fully saturated rings. The second-order valence-corrected chi connectivity index (χ2v) is 6.08. The van der Waals surface area contributed by atoms with Crippen molar-refractivity contribution in [2.45, 2.75) is 26.2 Å². The van der Waals surface area contributed by atoms with Gasteiger partial charge in [-0.05, 0) is 42.8 Å². The van der Waals surface area contributed by atoms with Crippen LogP contribution < -0.4 is 14.8 Å². The van der Waals surface area contributed by atoms with Crippen LogP contribution in [0, 0.1) is 0 Å². The predicted octanol–water partition coefficient (Wildman–Crippen LogP) is 3.74. The molecule has 1 aromatic heterocycles. The second kappa shape index (κ2) is 9.38. The highest BCUT2D eigenvalue weighted by molar-refractivity contribution is 5.80. The van der Waals surface area contributed by atoms with Crippen molar-refractivity contribution in [3.8, 4) is 11.5 Å². The Morgan fingerprint density at radius 2 is 1.74 bits per heavy atom. The van der Waals surface area contributed by atoms with Crippen LogP contribution in [0.15, 0.2) is 79.1 Å². The van der Waals surface area contributed by atoms with Crippen LogP contribution in [0.25, 0.3) is 0 Å². The first-order valence-corrected chi connectivity index (χ1v) is 8.81. The average Bonchev–Trinajstić information content (AvgIpc) is 2.72. The van der Waals surface area contributed by atoms with Crippen molar-refractivity contribution in [1.29, 1.82) is 0 Å². The Hall–Kier alpha value is -3.34. The number of ether oxygens (including phenoxy) is 2. The van der Waals surface area contributed by atoms with Crippen LogP contribution in [-0.4, -0.2) is 17.0 Å². The van der Waals surface area contributed by atoms with Crippen LogP contribution in [0.2, 0.25) is 0 Å². The zero-order valence-corrected chi connectivity index (χ0v) is 15.2. The third-order valence-corrected chi connectivity index (χ3v) is 3.94. The molecule has 5 nitrogen and oxygen atoms in total. The average molecular weight is 362 g/mol. The van der Waals surface area contributed by atoms with E-state index in [1.54, 1.807) is 19.3 Å². The summed E-state index contributed by atoms with van der Waals surface area (Å²) in [6.07, 6.45) is 2.95. The van der Waals surface area contributed by atoms with E-state index in [0.29, 0.717) is 18.9 Å². The predicted molar refractivity (Wildman–Crippen MR) is 103 cm³/mol. The topological polar surface area (TPSA) is 60.5 Å². The molecule has 0 spiro atoms. The first-order valence-electron chi connectivity index (χ1n) is 8.81. The number of benzene rings is 2. The fraction of sp³-hybridized carbons (Fsp3) is 0.182. The fourth-order valence-electron chi connectivity index (χ4n) is 2.44. The molecule has 5 heteroatoms. The molecule has 0 unspecified atom stereocenters. The molecule has 3 rings (SSSR count). The second-order valence-electron chi connectivity index (χ2n) is 6.08. The van der Waals surface area contributed by atoms with E-state index in [2.05, 4.69) is 10.3 Å². The van der Waals surface area contributed by atoms with E-state index in [1.807, 2.05) is 66.7 Å². The van der Waals surface area contributed by atoms with E-state index in [9.17, 15) is 4.79 Å². The van der Waals surface area contributed by atoms with E-state index in [-0.39, 0.29) is 5.91 Å². The van der Waals surface area contributed by atoms with Crippen molar-refractivity contribution in [3.63, 3.8) is 0 Å². The van der Waals surface area contributed by atoms with Gasteiger partial charge in [-0.1, -0.05) is 36.4 Å². The van der Waals surface area contributed by atoms with Crippen LogP contribution >= 0.6 is 0 Å². The Balaban J connectivity index is 1.44. The number of pyridine rings is 1. The fourth-order valence-corrected chi connectivity index (χ4v) is 2.44. The van der Waals surface area contributed by atoms with Crippen molar-refractivity contribution in [2.24, 2.45) is 0 Å². The Morgan fingerprint density at radius 1 is 0.963 bits per heavy atom. The number of carbonyl (C=O) groups is 1. The summed E-state index contributed by atoms with van der Waals surface area (Å²) >= 11 is 0. The van der Waals surface area contributed by atoms with Gasteiger partial charge in [0.2, 0.25) is 0 Å². The van der Waals surface area contributed by atoms with E-state index in [1.165, 1.54) is 0 Å². The van der Waals surface area contributed by atoms with Gasteiger partial charge in [0.1, 0.15) is 18.1 Å². The lowest BCUT2D eigenvalue weighted by atomic mass is 10.2. The van der Waals surface area contributed by atoms with Gasteiger partial charge in [0.25, 0.3) is 5.91 Å². The van der Waals surface area contributed by atoms with Crippen molar-refractivity contribution >= 4 is 5.91 Å². The molecule has 0 radical (unpaired) electrons. The van der Waals surface area contributed by atoms with Crippen molar-refractivity contribution in [1.82, 2.24) is 10.3 Å². The summed E-state index contributed by atoms with van der Waals surface area (Å²) < 4.78 is 11.4. The first-order chi connectivity index (χ1) is 13.2. The van der Waals surface area contributed by atoms with Crippen LogP contribution in [0.4, 0.5) is 0 Å². The molecule has 0 saturated carbocycles. The summed E-state index contributed by atoms with van der Waals surface area (Å²) in [5, 5.41) is 2.88. The first kappa shape index (κ1) is 18.5. The van der Waals surface area contributed by atoms with Crippen LogP contribution in [-0.2, 0) is 17.9 Å². The number of hydrogen-bond donors (Lipinski definition) is 1. The maximum atomic E-state index is 12.2. The molecule has 1 amide bonds. The maximum absolute atomic E-state index is 12.2. The summed E-state index contributed by atoms with van der Waals surface area (Å²) in [6, 6.07) is 20.8. The molecular formula is C22H22N2O3. The molecular weight excluding hydrogens is 340 g/mol. The molecule has 138 valence electrons. The Morgan fingerprint density at radius 3 is 2.44 bits per heavy atom. The molecule has 0 aliphatic rings. The zero-order chi connectivity index (χ0) is 18.9. The molecule has 1 heterocycles. The Labute approximate surface area is 159 Å². The minimum Gasteiger partial charge on any atom is -0.489 e. The number of para-hydroxylation sites is 1. The quantitative estimate of drug-likeness (QED) is 0.663. The van der Waals surface area contributed by atoms with E-state index in [4.69, 9.17) is 9.47 Å². The molecule has 0 aliphatic carbocycles. The highest BCUT2D eigenvalue weighted by Crippen LogP contribution is 2.14. The van der Waals surface area contributed by atoms with Gasteiger partial charge in [0.05, 0.1) is 0 Å². The Bertz CT molecular complexity index is 836. The minimum absolute atomic E-state index is 0.157. The molecule has 3 aromatic rings. The standard InChI is InChI=1S/C22H22N2O3/c1-17(27-21-7-3-2-4-8-21)22(25)24-15-18-9-11-20(12-10-18)26-16-19-6-5-13-23-14-19/h2-14,17H,15-16H2,1H3,(H,24,25)/t17-/m0/s1. The summed E-state index contributed by atoms with van der Waals surface area (Å²) in [6.45, 7) is 2.64. The maximum Gasteiger partial charge on any atom is 0.261 e. The minimum atomic E-state index is -0.561. The number of hydrogen-bond acceptors (Lipinski definition) is 4. The van der Waals surface area contributed by atoms with E-state index < -0.39 is 6.10 Å². The lowest BCUT2D eigenvalue weighted by Crippen LogP contribution is -2.35. The van der Waals surface area contributed by atoms with Gasteiger partial charge < -0.3 is 14.8 Å². The van der Waals surface area contributed by atoms with Crippen molar-refractivity contribution < 1.29 is 14.3 Å². The number of rotatable bonds is 8. The monoisotopic (exact) mass is 362 g/mol. The van der Waals surface area contributed by atoms with Crippen LogP contribution in [0.1, 0.15) is 18.1 Å². The van der Waals surface area contributed by atoms with Crippen molar-refractivity contribution in [2.75, 3.05) is 0 Å². The molecule has 1 atom stereocenters. The van der Waals surface area contributed by atoms with Gasteiger partial charge in [-0.2, -0.15) is 0 Å².